The van der Waals surface area contributed by atoms with E-state index < -0.39 is 0 Å². The van der Waals surface area contributed by atoms with Gasteiger partial charge in [-0.1, -0.05) is 42.5 Å². The normalized spacial score (nSPS) is 17.6. The van der Waals surface area contributed by atoms with Gasteiger partial charge in [-0.3, -0.25) is 19.6 Å². The van der Waals surface area contributed by atoms with E-state index in [1.165, 1.54) is 43.5 Å². The van der Waals surface area contributed by atoms with Crippen molar-refractivity contribution >= 4 is 5.91 Å². The first-order chi connectivity index (χ1) is 18.2. The molecule has 37 heavy (non-hydrogen) atoms. The number of carbonyl (C=O) groups is 1. The topological polar surface area (TPSA) is 48.9 Å². The fraction of sp³-hybridized carbons (Fsp3) is 0.419. The summed E-state index contributed by atoms with van der Waals surface area (Å²) in [5.41, 5.74) is 3.48. The summed E-state index contributed by atoms with van der Waals surface area (Å²) in [5, 5.41) is 0. The average molecular weight is 499 g/mol. The predicted molar refractivity (Wildman–Crippen MR) is 147 cm³/mol. The number of aromatic nitrogens is 1. The third-order valence-electron chi connectivity index (χ3n) is 7.65. The lowest BCUT2D eigenvalue weighted by molar-refractivity contribution is 0.0620. The lowest BCUT2D eigenvalue weighted by Gasteiger charge is -2.34. The maximum Gasteiger partial charge on any atom is 0.255 e. The molecule has 2 aliphatic rings. The van der Waals surface area contributed by atoms with Crippen molar-refractivity contribution in [2.45, 2.75) is 25.8 Å². The second-order valence-corrected chi connectivity index (χ2v) is 10.3. The first kappa shape index (κ1) is 25.4. The molecular weight excluding hydrogens is 460 g/mol. The molecule has 1 aromatic heterocycles. The van der Waals surface area contributed by atoms with Crippen LogP contribution in [-0.4, -0.2) is 78.0 Å². The Morgan fingerprint density at radius 1 is 0.811 bits per heavy atom. The highest BCUT2D eigenvalue weighted by Gasteiger charge is 2.22. The highest BCUT2D eigenvalue weighted by molar-refractivity contribution is 5.93. The van der Waals surface area contributed by atoms with E-state index >= 15 is 0 Å². The van der Waals surface area contributed by atoms with Crippen molar-refractivity contribution in [1.29, 1.82) is 0 Å². The van der Waals surface area contributed by atoms with Crippen LogP contribution in [0.1, 0.15) is 34.3 Å². The van der Waals surface area contributed by atoms with E-state index in [-0.39, 0.29) is 5.91 Å². The lowest BCUT2D eigenvalue weighted by atomic mass is 9.90. The summed E-state index contributed by atoms with van der Waals surface area (Å²) in [5.74, 6) is 1.80. The number of carbonyl (C=O) groups excluding carboxylic acids is 1. The molecule has 0 spiro atoms. The number of pyridine rings is 1. The summed E-state index contributed by atoms with van der Waals surface area (Å²) < 4.78 is 6.02. The molecule has 2 saturated heterocycles. The quantitative estimate of drug-likeness (QED) is 0.438. The average Bonchev–Trinajstić information content (AvgIpc) is 2.96. The third-order valence-corrected chi connectivity index (χ3v) is 7.65. The second-order valence-electron chi connectivity index (χ2n) is 10.3. The van der Waals surface area contributed by atoms with Crippen molar-refractivity contribution in [2.75, 3.05) is 52.4 Å². The fourth-order valence-corrected chi connectivity index (χ4v) is 5.38. The van der Waals surface area contributed by atoms with Crippen LogP contribution in [0.2, 0.25) is 0 Å². The van der Waals surface area contributed by atoms with E-state index in [0.29, 0.717) is 12.2 Å². The van der Waals surface area contributed by atoms with Gasteiger partial charge in [0.05, 0.1) is 5.56 Å². The maximum absolute atomic E-state index is 12.6. The number of amides is 1. The molecule has 2 aromatic carbocycles. The van der Waals surface area contributed by atoms with Crippen LogP contribution in [0.15, 0.2) is 79.1 Å². The number of rotatable bonds is 9. The van der Waals surface area contributed by atoms with Gasteiger partial charge in [0.25, 0.3) is 5.91 Å². The van der Waals surface area contributed by atoms with E-state index in [2.05, 4.69) is 69.4 Å². The molecule has 6 heteroatoms. The molecule has 194 valence electrons. The molecule has 2 fully saturated rings. The molecule has 0 radical (unpaired) electrons. The molecule has 0 atom stereocenters. The molecule has 3 heterocycles. The summed E-state index contributed by atoms with van der Waals surface area (Å²) in [4.78, 5) is 23.5. The highest BCUT2D eigenvalue weighted by Crippen LogP contribution is 2.23. The van der Waals surface area contributed by atoms with Gasteiger partial charge in [0.1, 0.15) is 12.4 Å². The number of hydrogen-bond donors (Lipinski definition) is 0. The Balaban J connectivity index is 0.977. The van der Waals surface area contributed by atoms with Crippen LogP contribution >= 0.6 is 0 Å². The lowest BCUT2D eigenvalue weighted by Crippen LogP contribution is -2.49. The Morgan fingerprint density at radius 3 is 2.27 bits per heavy atom. The molecule has 0 aliphatic carbocycles. The highest BCUT2D eigenvalue weighted by atomic mass is 16.5. The second kappa shape index (κ2) is 12.8. The van der Waals surface area contributed by atoms with Crippen molar-refractivity contribution in [3.63, 3.8) is 0 Å². The third kappa shape index (κ3) is 7.40. The monoisotopic (exact) mass is 498 g/mol. The molecule has 1 amide bonds. The molecule has 0 saturated carbocycles. The first-order valence-electron chi connectivity index (χ1n) is 13.6. The Hall–Kier alpha value is -3.22. The molecule has 2 aliphatic heterocycles. The molecule has 5 rings (SSSR count). The van der Waals surface area contributed by atoms with Crippen LogP contribution < -0.4 is 4.74 Å². The maximum atomic E-state index is 12.6. The van der Waals surface area contributed by atoms with E-state index in [0.717, 1.165) is 50.9 Å². The Labute approximate surface area is 220 Å². The first-order valence-corrected chi connectivity index (χ1v) is 13.6. The van der Waals surface area contributed by atoms with Crippen LogP contribution in [0.3, 0.4) is 0 Å². The van der Waals surface area contributed by atoms with Crippen molar-refractivity contribution in [3.8, 4) is 5.75 Å². The summed E-state index contributed by atoms with van der Waals surface area (Å²) >= 11 is 0. The van der Waals surface area contributed by atoms with Gasteiger partial charge in [0.2, 0.25) is 0 Å². The Morgan fingerprint density at radius 2 is 1.57 bits per heavy atom. The zero-order valence-corrected chi connectivity index (χ0v) is 21.7. The summed E-state index contributed by atoms with van der Waals surface area (Å²) in [6.45, 7) is 8.12. The number of benzene rings is 2. The van der Waals surface area contributed by atoms with Crippen molar-refractivity contribution in [1.82, 2.24) is 19.7 Å². The molecular formula is C31H38N4O2. The summed E-state index contributed by atoms with van der Waals surface area (Å²) in [7, 11) is 0. The molecule has 6 nitrogen and oxygen atoms in total. The minimum absolute atomic E-state index is 0.0700. The molecule has 0 unspecified atom stereocenters. The number of hydrogen-bond acceptors (Lipinski definition) is 5. The van der Waals surface area contributed by atoms with Gasteiger partial charge in [-0.2, -0.15) is 0 Å². The van der Waals surface area contributed by atoms with Crippen LogP contribution in [0.5, 0.6) is 5.75 Å². The molecule has 3 aromatic rings. The minimum atomic E-state index is 0.0700. The number of piperazine rings is 1. The van der Waals surface area contributed by atoms with Gasteiger partial charge in [0.15, 0.2) is 0 Å². The zero-order valence-electron chi connectivity index (χ0n) is 21.7. The van der Waals surface area contributed by atoms with Crippen LogP contribution in [0, 0.1) is 5.92 Å². The molecule has 0 N–H and O–H groups in total. The number of ether oxygens (including phenoxy) is 1. The van der Waals surface area contributed by atoms with Gasteiger partial charge in [0, 0.05) is 51.7 Å². The van der Waals surface area contributed by atoms with E-state index in [4.69, 9.17) is 4.74 Å². The van der Waals surface area contributed by atoms with Crippen molar-refractivity contribution in [3.05, 3.63) is 95.8 Å². The van der Waals surface area contributed by atoms with Gasteiger partial charge >= 0.3 is 0 Å². The van der Waals surface area contributed by atoms with Crippen LogP contribution in [0.4, 0.5) is 0 Å². The number of likely N-dealkylation sites (tertiary alicyclic amines) is 1. The number of nitrogens with zero attached hydrogens (tertiary/aromatic N) is 4. The summed E-state index contributed by atoms with van der Waals surface area (Å²) in [6.07, 6.45) is 7.10. The largest absolute Gasteiger partial charge is 0.492 e. The van der Waals surface area contributed by atoms with Gasteiger partial charge in [-0.05, 0) is 73.7 Å². The molecule has 0 bridgehead atoms. The van der Waals surface area contributed by atoms with Gasteiger partial charge < -0.3 is 9.64 Å². The Bertz CT molecular complexity index is 1090. The van der Waals surface area contributed by atoms with Gasteiger partial charge in [-0.15, -0.1) is 0 Å². The van der Waals surface area contributed by atoms with Gasteiger partial charge in [-0.25, -0.2) is 0 Å². The zero-order chi connectivity index (χ0) is 25.3. The number of piperidine rings is 1. The SMILES string of the molecule is O=C(c1cccnc1)N1CCN(CCOc2ccc(CN3CCC(Cc4ccccc4)CC3)cc2)CC1. The Kier molecular flexibility index (Phi) is 8.82. The summed E-state index contributed by atoms with van der Waals surface area (Å²) in [6, 6.07) is 23.1. The van der Waals surface area contributed by atoms with Crippen LogP contribution in [-0.2, 0) is 13.0 Å². The smallest absolute Gasteiger partial charge is 0.255 e. The van der Waals surface area contributed by atoms with Crippen molar-refractivity contribution < 1.29 is 9.53 Å². The van der Waals surface area contributed by atoms with Crippen LogP contribution in [0.25, 0.3) is 0 Å². The van der Waals surface area contributed by atoms with E-state index in [9.17, 15) is 4.79 Å². The minimum Gasteiger partial charge on any atom is -0.492 e. The fourth-order valence-electron chi connectivity index (χ4n) is 5.38. The predicted octanol–water partition coefficient (Wildman–Crippen LogP) is 4.37. The standard InChI is InChI=1S/C31H38N4O2/c36-31(29-7-4-14-32-24-29)35-19-17-33(18-20-35)21-22-37-30-10-8-28(9-11-30)25-34-15-12-27(13-16-34)23-26-5-2-1-3-6-26/h1-11,14,24,27H,12-13,15-23,25H2. The van der Waals surface area contributed by atoms with E-state index in [1.54, 1.807) is 12.4 Å². The van der Waals surface area contributed by atoms with E-state index in [1.807, 2.05) is 17.0 Å². The van der Waals surface area contributed by atoms with Crippen molar-refractivity contribution in [2.24, 2.45) is 5.92 Å².